The van der Waals surface area contributed by atoms with Gasteiger partial charge in [-0.05, 0) is 37.5 Å². The number of hydrogen-bond acceptors (Lipinski definition) is 5. The Balaban J connectivity index is 2.82. The molecule has 0 aliphatic carbocycles. The van der Waals surface area contributed by atoms with Gasteiger partial charge >= 0.3 is 0 Å². The van der Waals surface area contributed by atoms with Crippen LogP contribution >= 0.6 is 0 Å². The van der Waals surface area contributed by atoms with Crippen LogP contribution in [0.25, 0.3) is 0 Å². The molecule has 0 fully saturated rings. The molecule has 0 aliphatic rings. The predicted molar refractivity (Wildman–Crippen MR) is 77.8 cm³/mol. The number of nitrogens with two attached hydrogens (primary N) is 1. The van der Waals surface area contributed by atoms with Gasteiger partial charge in [-0.3, -0.25) is 0 Å². The summed E-state index contributed by atoms with van der Waals surface area (Å²) >= 11 is 0. The van der Waals surface area contributed by atoms with Crippen LogP contribution in [-0.4, -0.2) is 30.8 Å². The van der Waals surface area contributed by atoms with Crippen molar-refractivity contribution < 1.29 is 18.6 Å². The maximum absolute atomic E-state index is 12.1. The molecule has 0 bridgehead atoms. The Hall–Kier alpha value is -1.31. The minimum Gasteiger partial charge on any atom is -0.506 e. The van der Waals surface area contributed by atoms with Gasteiger partial charge in [-0.15, -0.1) is 0 Å². The maximum atomic E-state index is 12.1. The summed E-state index contributed by atoms with van der Waals surface area (Å²) < 4.78 is 26.5. The Labute approximate surface area is 119 Å². The summed E-state index contributed by atoms with van der Waals surface area (Å²) in [5, 5.41) is 19.4. The summed E-state index contributed by atoms with van der Waals surface area (Å²) in [5.74, 6) is 0.0783. The molecule has 1 unspecified atom stereocenters. The average molecular weight is 302 g/mol. The molecule has 1 atom stereocenters. The third-order valence-corrected chi connectivity index (χ3v) is 4.20. The van der Waals surface area contributed by atoms with Crippen LogP contribution in [0, 0.1) is 5.92 Å². The first kappa shape index (κ1) is 16.7. The Kier molecular flexibility index (Phi) is 5.01. The number of hydrogen-bond donors (Lipinski definition) is 4. The second-order valence-electron chi connectivity index (χ2n) is 5.64. The Bertz CT molecular complexity index is 568. The molecule has 0 heterocycles. The summed E-state index contributed by atoms with van der Waals surface area (Å²) in [6, 6.07) is 3.65. The number of phenolic OH excluding ortho intramolecular Hbond substituents is 1. The van der Waals surface area contributed by atoms with Gasteiger partial charge in [0.2, 0.25) is 10.0 Å². The predicted octanol–water partition coefficient (Wildman–Crippen LogP) is 1.05. The van der Waals surface area contributed by atoms with Crippen molar-refractivity contribution in [3.63, 3.8) is 0 Å². The molecule has 114 valence electrons. The molecule has 1 aromatic carbocycles. The van der Waals surface area contributed by atoms with Crippen molar-refractivity contribution in [1.82, 2.24) is 4.72 Å². The summed E-state index contributed by atoms with van der Waals surface area (Å²) in [4.78, 5) is -0.0480. The first-order valence-corrected chi connectivity index (χ1v) is 7.82. The number of phenols is 1. The number of aromatic hydroxyl groups is 1. The van der Waals surface area contributed by atoms with Crippen molar-refractivity contribution in [3.8, 4) is 5.75 Å². The van der Waals surface area contributed by atoms with Crippen LogP contribution in [0.3, 0.4) is 0 Å². The summed E-state index contributed by atoms with van der Waals surface area (Å²) in [7, 11) is -3.77. The molecule has 1 rings (SSSR count). The van der Waals surface area contributed by atoms with E-state index >= 15 is 0 Å². The molecule has 0 radical (unpaired) electrons. The normalized spacial score (nSPS) is 15.2. The molecule has 5 N–H and O–H groups in total. The lowest BCUT2D eigenvalue weighted by Gasteiger charge is -2.25. The van der Waals surface area contributed by atoms with Gasteiger partial charge in [-0.2, -0.15) is 0 Å². The molecule has 6 nitrogen and oxygen atoms in total. The zero-order valence-corrected chi connectivity index (χ0v) is 12.7. The van der Waals surface area contributed by atoms with Gasteiger partial charge in [0.25, 0.3) is 0 Å². The van der Waals surface area contributed by atoms with E-state index in [2.05, 4.69) is 4.72 Å². The van der Waals surface area contributed by atoms with Gasteiger partial charge in [0.1, 0.15) is 5.75 Å². The van der Waals surface area contributed by atoms with E-state index in [4.69, 9.17) is 5.73 Å². The fraction of sp³-hybridized carbons (Fsp3) is 0.538. The highest BCUT2D eigenvalue weighted by molar-refractivity contribution is 7.89. The topological polar surface area (TPSA) is 113 Å². The lowest BCUT2D eigenvalue weighted by Crippen LogP contribution is -2.41. The number of benzene rings is 1. The van der Waals surface area contributed by atoms with E-state index in [1.807, 2.05) is 13.8 Å². The molecule has 0 aliphatic heterocycles. The van der Waals surface area contributed by atoms with Gasteiger partial charge < -0.3 is 15.9 Å². The van der Waals surface area contributed by atoms with Crippen molar-refractivity contribution in [2.75, 3.05) is 12.3 Å². The van der Waals surface area contributed by atoms with E-state index in [9.17, 15) is 18.6 Å². The minimum atomic E-state index is -3.77. The number of sulfonamides is 1. The highest BCUT2D eigenvalue weighted by atomic mass is 32.2. The van der Waals surface area contributed by atoms with Gasteiger partial charge in [-0.1, -0.05) is 13.8 Å². The van der Waals surface area contributed by atoms with Gasteiger partial charge in [0, 0.05) is 6.54 Å². The highest BCUT2D eigenvalue weighted by Gasteiger charge is 2.25. The van der Waals surface area contributed by atoms with E-state index in [0.717, 1.165) is 0 Å². The molecule has 1 aromatic rings. The number of nitrogen functional groups attached to an aromatic ring is 1. The monoisotopic (exact) mass is 302 g/mol. The standard InChI is InChI=1S/C13H22N2O4S/c1-9(2)7-13(3,17)8-15-20(18,19)10-4-5-12(16)11(14)6-10/h4-6,9,15-17H,7-8,14H2,1-3H3. The Morgan fingerprint density at radius 3 is 2.50 bits per heavy atom. The zero-order chi connectivity index (χ0) is 15.6. The number of aliphatic hydroxyl groups is 1. The van der Waals surface area contributed by atoms with Gasteiger partial charge in [-0.25, -0.2) is 13.1 Å². The number of rotatable bonds is 6. The third-order valence-electron chi connectivity index (χ3n) is 2.80. The summed E-state index contributed by atoms with van der Waals surface area (Å²) in [5.41, 5.74) is 4.34. The maximum Gasteiger partial charge on any atom is 0.240 e. The molecule has 0 spiro atoms. The van der Waals surface area contributed by atoms with Crippen molar-refractivity contribution >= 4 is 15.7 Å². The molecule has 0 saturated carbocycles. The van der Waals surface area contributed by atoms with E-state index in [1.54, 1.807) is 6.92 Å². The molecular weight excluding hydrogens is 280 g/mol. The molecule has 0 aromatic heterocycles. The Morgan fingerprint density at radius 2 is 2.00 bits per heavy atom. The van der Waals surface area contributed by atoms with Crippen molar-refractivity contribution in [2.45, 2.75) is 37.7 Å². The molecule has 0 amide bonds. The van der Waals surface area contributed by atoms with Crippen LogP contribution in [0.15, 0.2) is 23.1 Å². The quantitative estimate of drug-likeness (QED) is 0.463. The van der Waals surface area contributed by atoms with Crippen LogP contribution in [0.4, 0.5) is 5.69 Å². The van der Waals surface area contributed by atoms with E-state index in [0.29, 0.717) is 6.42 Å². The van der Waals surface area contributed by atoms with E-state index in [-0.39, 0.29) is 28.8 Å². The zero-order valence-electron chi connectivity index (χ0n) is 11.9. The highest BCUT2D eigenvalue weighted by Crippen LogP contribution is 2.23. The van der Waals surface area contributed by atoms with Crippen molar-refractivity contribution in [2.24, 2.45) is 5.92 Å². The molecule has 20 heavy (non-hydrogen) atoms. The molecule has 0 saturated heterocycles. The van der Waals surface area contributed by atoms with Gasteiger partial charge in [0.15, 0.2) is 0 Å². The van der Waals surface area contributed by atoms with Crippen molar-refractivity contribution in [1.29, 1.82) is 0 Å². The lowest BCUT2D eigenvalue weighted by atomic mass is 9.95. The first-order valence-electron chi connectivity index (χ1n) is 6.34. The summed E-state index contributed by atoms with van der Waals surface area (Å²) in [6.07, 6.45) is 0.479. The average Bonchev–Trinajstić information content (AvgIpc) is 2.29. The fourth-order valence-corrected chi connectivity index (χ4v) is 3.18. The van der Waals surface area contributed by atoms with Gasteiger partial charge in [0.05, 0.1) is 16.2 Å². The van der Waals surface area contributed by atoms with Crippen LogP contribution < -0.4 is 10.5 Å². The third kappa shape index (κ3) is 4.66. The second-order valence-corrected chi connectivity index (χ2v) is 7.41. The van der Waals surface area contributed by atoms with Crippen LogP contribution in [-0.2, 0) is 10.0 Å². The lowest BCUT2D eigenvalue weighted by molar-refractivity contribution is 0.0437. The van der Waals surface area contributed by atoms with E-state index < -0.39 is 15.6 Å². The number of nitrogens with one attached hydrogen (secondary N) is 1. The minimum absolute atomic E-state index is 0.0122. The van der Waals surface area contributed by atoms with Crippen LogP contribution in [0.1, 0.15) is 27.2 Å². The molecular formula is C13H22N2O4S. The molecule has 7 heteroatoms. The SMILES string of the molecule is CC(C)CC(C)(O)CNS(=O)(=O)c1ccc(O)c(N)c1. The smallest absolute Gasteiger partial charge is 0.240 e. The number of anilines is 1. The first-order chi connectivity index (χ1) is 9.03. The Morgan fingerprint density at radius 1 is 1.40 bits per heavy atom. The second kappa shape index (κ2) is 5.99. The fourth-order valence-electron chi connectivity index (χ4n) is 1.99. The van der Waals surface area contributed by atoms with Crippen LogP contribution in [0.5, 0.6) is 5.75 Å². The van der Waals surface area contributed by atoms with Crippen LogP contribution in [0.2, 0.25) is 0 Å². The largest absolute Gasteiger partial charge is 0.506 e. The van der Waals surface area contributed by atoms with E-state index in [1.165, 1.54) is 18.2 Å². The summed E-state index contributed by atoms with van der Waals surface area (Å²) in [6.45, 7) is 5.39. The van der Waals surface area contributed by atoms with Crippen molar-refractivity contribution in [3.05, 3.63) is 18.2 Å².